The van der Waals surface area contributed by atoms with E-state index in [-0.39, 0.29) is 12.5 Å². The summed E-state index contributed by atoms with van der Waals surface area (Å²) in [5.41, 5.74) is 1.71. The van der Waals surface area contributed by atoms with Crippen molar-refractivity contribution in [3.63, 3.8) is 0 Å². The van der Waals surface area contributed by atoms with Crippen LogP contribution in [0.2, 0.25) is 0 Å². The number of hydrogen-bond acceptors (Lipinski definition) is 3. The molecule has 0 aliphatic carbocycles. The van der Waals surface area contributed by atoms with Gasteiger partial charge < -0.3 is 10.0 Å². The van der Waals surface area contributed by atoms with Crippen molar-refractivity contribution < 1.29 is 9.90 Å². The molecule has 1 amide bonds. The van der Waals surface area contributed by atoms with Crippen LogP contribution in [-0.2, 0) is 6.54 Å². The molecule has 0 saturated carbocycles. The first-order valence-electron chi connectivity index (χ1n) is 6.13. The molecule has 100 valence electrons. The van der Waals surface area contributed by atoms with E-state index in [1.54, 1.807) is 25.4 Å². The first-order valence-corrected chi connectivity index (χ1v) is 6.13. The molecule has 1 aromatic carbocycles. The Morgan fingerprint density at radius 2 is 2.11 bits per heavy atom. The highest BCUT2D eigenvalue weighted by Crippen LogP contribution is 2.08. The molecule has 5 nitrogen and oxygen atoms in total. The number of carbonyl (C=O) groups is 1. The van der Waals surface area contributed by atoms with Crippen LogP contribution in [0.15, 0.2) is 42.7 Å². The highest BCUT2D eigenvalue weighted by molar-refractivity contribution is 5.94. The van der Waals surface area contributed by atoms with E-state index in [1.165, 1.54) is 4.90 Å². The smallest absolute Gasteiger partial charge is 0.253 e. The third-order valence-corrected chi connectivity index (χ3v) is 2.89. The summed E-state index contributed by atoms with van der Waals surface area (Å²) >= 11 is 0. The van der Waals surface area contributed by atoms with Gasteiger partial charge in [0.15, 0.2) is 0 Å². The first-order chi connectivity index (χ1) is 9.20. The van der Waals surface area contributed by atoms with Gasteiger partial charge in [-0.3, -0.25) is 9.48 Å². The van der Waals surface area contributed by atoms with Crippen molar-refractivity contribution in [1.29, 1.82) is 0 Å². The lowest BCUT2D eigenvalue weighted by Crippen LogP contribution is -2.29. The maximum Gasteiger partial charge on any atom is 0.253 e. The van der Waals surface area contributed by atoms with E-state index in [4.69, 9.17) is 5.11 Å². The molecule has 2 rings (SSSR count). The van der Waals surface area contributed by atoms with Crippen molar-refractivity contribution in [3.8, 4) is 0 Å². The zero-order valence-electron chi connectivity index (χ0n) is 10.9. The molecule has 0 saturated heterocycles. The van der Waals surface area contributed by atoms with Gasteiger partial charge in [0.05, 0.1) is 13.2 Å². The fourth-order valence-corrected chi connectivity index (χ4v) is 1.81. The highest BCUT2D eigenvalue weighted by atomic mass is 16.3. The second-order valence-electron chi connectivity index (χ2n) is 4.35. The number of amides is 1. The SMILES string of the molecule is CN(CCO)C(=O)c1ccc(Cn2cccn2)cc1. The number of hydrogen-bond donors (Lipinski definition) is 1. The van der Waals surface area contributed by atoms with Crippen LogP contribution in [0.3, 0.4) is 0 Å². The largest absolute Gasteiger partial charge is 0.395 e. The monoisotopic (exact) mass is 259 g/mol. The van der Waals surface area contributed by atoms with Crippen molar-refractivity contribution in [2.75, 3.05) is 20.2 Å². The maximum absolute atomic E-state index is 12.0. The summed E-state index contributed by atoms with van der Waals surface area (Å²) in [7, 11) is 1.68. The van der Waals surface area contributed by atoms with Crippen LogP contribution in [-0.4, -0.2) is 45.9 Å². The fourth-order valence-electron chi connectivity index (χ4n) is 1.81. The molecule has 0 atom stereocenters. The Kier molecular flexibility index (Phi) is 4.30. The maximum atomic E-state index is 12.0. The van der Waals surface area contributed by atoms with Gasteiger partial charge in [0.1, 0.15) is 0 Å². The number of likely N-dealkylation sites (N-methyl/N-ethyl adjacent to an activating group) is 1. The Labute approximate surface area is 112 Å². The number of aliphatic hydroxyl groups is 1. The summed E-state index contributed by atoms with van der Waals surface area (Å²) in [5, 5.41) is 13.0. The summed E-state index contributed by atoms with van der Waals surface area (Å²) in [6, 6.07) is 9.31. The molecule has 0 aliphatic heterocycles. The molecule has 0 aliphatic rings. The minimum atomic E-state index is -0.0836. The minimum absolute atomic E-state index is 0.0282. The summed E-state index contributed by atoms with van der Waals surface area (Å²) < 4.78 is 1.83. The van der Waals surface area contributed by atoms with Crippen LogP contribution in [0.25, 0.3) is 0 Å². The van der Waals surface area contributed by atoms with Crippen LogP contribution in [0.1, 0.15) is 15.9 Å². The molecule has 0 radical (unpaired) electrons. The van der Waals surface area contributed by atoms with Crippen molar-refractivity contribution in [2.24, 2.45) is 0 Å². The van der Waals surface area contributed by atoms with E-state index in [9.17, 15) is 4.79 Å². The lowest BCUT2D eigenvalue weighted by Gasteiger charge is -2.15. The number of carbonyl (C=O) groups excluding carboxylic acids is 1. The first kappa shape index (κ1) is 13.3. The molecule has 0 spiro atoms. The molecule has 0 bridgehead atoms. The molecule has 1 N–H and O–H groups in total. The van der Waals surface area contributed by atoms with Gasteiger partial charge in [-0.05, 0) is 23.8 Å². The topological polar surface area (TPSA) is 58.4 Å². The fraction of sp³-hybridized carbons (Fsp3) is 0.286. The van der Waals surface area contributed by atoms with Crippen molar-refractivity contribution in [2.45, 2.75) is 6.54 Å². The van der Waals surface area contributed by atoms with Gasteiger partial charge in [-0.2, -0.15) is 5.10 Å². The molecule has 0 unspecified atom stereocenters. The van der Waals surface area contributed by atoms with Gasteiger partial charge in [-0.25, -0.2) is 0 Å². The number of aromatic nitrogens is 2. The lowest BCUT2D eigenvalue weighted by atomic mass is 10.1. The Morgan fingerprint density at radius 3 is 2.68 bits per heavy atom. The molecule has 1 heterocycles. The summed E-state index contributed by atoms with van der Waals surface area (Å²) in [6.07, 6.45) is 3.63. The van der Waals surface area contributed by atoms with Gasteiger partial charge >= 0.3 is 0 Å². The number of nitrogens with zero attached hydrogens (tertiary/aromatic N) is 3. The van der Waals surface area contributed by atoms with E-state index >= 15 is 0 Å². The van der Waals surface area contributed by atoms with Gasteiger partial charge in [0, 0.05) is 31.5 Å². The van der Waals surface area contributed by atoms with E-state index in [0.717, 1.165) is 5.56 Å². The lowest BCUT2D eigenvalue weighted by molar-refractivity contribution is 0.0767. The van der Waals surface area contributed by atoms with Gasteiger partial charge in [0.25, 0.3) is 5.91 Å². The Hall–Kier alpha value is -2.14. The van der Waals surface area contributed by atoms with Crippen LogP contribution >= 0.6 is 0 Å². The quantitative estimate of drug-likeness (QED) is 0.871. The molecule has 5 heteroatoms. The van der Waals surface area contributed by atoms with Crippen molar-refractivity contribution >= 4 is 5.91 Å². The second-order valence-corrected chi connectivity index (χ2v) is 4.35. The molecule has 1 aromatic heterocycles. The summed E-state index contributed by atoms with van der Waals surface area (Å²) in [5.74, 6) is -0.0836. The van der Waals surface area contributed by atoms with E-state index in [0.29, 0.717) is 18.7 Å². The van der Waals surface area contributed by atoms with Gasteiger partial charge in [-0.1, -0.05) is 12.1 Å². The van der Waals surface area contributed by atoms with Crippen LogP contribution < -0.4 is 0 Å². The third kappa shape index (κ3) is 3.42. The molecular formula is C14H17N3O2. The average Bonchev–Trinajstić information content (AvgIpc) is 2.92. The number of aliphatic hydroxyl groups excluding tert-OH is 1. The van der Waals surface area contributed by atoms with E-state index in [2.05, 4.69) is 5.10 Å². The highest BCUT2D eigenvalue weighted by Gasteiger charge is 2.10. The van der Waals surface area contributed by atoms with Gasteiger partial charge in [-0.15, -0.1) is 0 Å². The van der Waals surface area contributed by atoms with Crippen LogP contribution in [0.4, 0.5) is 0 Å². The zero-order valence-corrected chi connectivity index (χ0v) is 10.9. The molecule has 2 aromatic rings. The van der Waals surface area contributed by atoms with Gasteiger partial charge in [0.2, 0.25) is 0 Å². The van der Waals surface area contributed by atoms with E-state index in [1.807, 2.05) is 29.1 Å². The predicted octanol–water partition coefficient (Wildman–Crippen LogP) is 0.996. The predicted molar refractivity (Wildman–Crippen MR) is 71.8 cm³/mol. The normalized spacial score (nSPS) is 10.4. The third-order valence-electron chi connectivity index (χ3n) is 2.89. The standard InChI is InChI=1S/C14H17N3O2/c1-16(9-10-18)14(19)13-5-3-12(4-6-13)11-17-8-2-7-15-17/h2-8,18H,9-11H2,1H3. The van der Waals surface area contributed by atoms with Crippen molar-refractivity contribution in [3.05, 3.63) is 53.9 Å². The van der Waals surface area contributed by atoms with E-state index < -0.39 is 0 Å². The minimum Gasteiger partial charge on any atom is -0.395 e. The Balaban J connectivity index is 2.04. The van der Waals surface area contributed by atoms with Crippen LogP contribution in [0.5, 0.6) is 0 Å². The molecule has 19 heavy (non-hydrogen) atoms. The average molecular weight is 259 g/mol. The zero-order chi connectivity index (χ0) is 13.7. The second kappa shape index (κ2) is 6.15. The van der Waals surface area contributed by atoms with Crippen molar-refractivity contribution in [1.82, 2.24) is 14.7 Å². The van der Waals surface area contributed by atoms with Crippen LogP contribution in [0, 0.1) is 0 Å². The number of rotatable bonds is 5. The Morgan fingerprint density at radius 1 is 1.37 bits per heavy atom. The number of benzene rings is 1. The molecule has 0 fully saturated rings. The summed E-state index contributed by atoms with van der Waals surface area (Å²) in [6.45, 7) is 1.00. The molecular weight excluding hydrogens is 242 g/mol. The Bertz CT molecular complexity index is 520. The summed E-state index contributed by atoms with van der Waals surface area (Å²) in [4.78, 5) is 13.5.